The molecule has 0 amide bonds. The van der Waals surface area contributed by atoms with E-state index in [1.807, 2.05) is 20.8 Å². The van der Waals surface area contributed by atoms with Crippen LogP contribution in [0.15, 0.2) is 16.8 Å². The molecule has 0 radical (unpaired) electrons. The fourth-order valence-corrected chi connectivity index (χ4v) is 3.14. The molecule has 3 nitrogen and oxygen atoms in total. The number of carbonyl (C=O) groups is 1. The number of carbonyl (C=O) groups excluding carboxylic acids is 1. The maximum atomic E-state index is 12.2. The lowest BCUT2D eigenvalue weighted by Crippen LogP contribution is -2.41. The van der Waals surface area contributed by atoms with Crippen molar-refractivity contribution in [1.82, 2.24) is 4.90 Å². The summed E-state index contributed by atoms with van der Waals surface area (Å²) < 4.78 is 5.51. The summed E-state index contributed by atoms with van der Waals surface area (Å²) in [6.07, 6.45) is 3.04. The molecule has 1 aliphatic rings. The minimum atomic E-state index is -0.390. The fraction of sp³-hybridized carbons (Fsp3) is 0.667. The van der Waals surface area contributed by atoms with Gasteiger partial charge in [-0.3, -0.25) is 9.69 Å². The van der Waals surface area contributed by atoms with Crippen LogP contribution in [0.5, 0.6) is 0 Å². The Morgan fingerprint density at radius 2 is 2.32 bits per heavy atom. The Morgan fingerprint density at radius 1 is 1.53 bits per heavy atom. The Bertz CT molecular complexity index is 408. The predicted octanol–water partition coefficient (Wildman–Crippen LogP) is 3.10. The van der Waals surface area contributed by atoms with Gasteiger partial charge in [-0.25, -0.2) is 0 Å². The third-order valence-electron chi connectivity index (χ3n) is 3.31. The summed E-state index contributed by atoms with van der Waals surface area (Å²) in [6, 6.07) is 2.11. The number of nitrogens with zero attached hydrogens (tertiary/aromatic N) is 1. The molecule has 2 rings (SSSR count). The smallest absolute Gasteiger partial charge is 0.323 e. The predicted molar refractivity (Wildman–Crippen MR) is 78.5 cm³/mol. The van der Waals surface area contributed by atoms with Crippen molar-refractivity contribution >= 4 is 17.3 Å². The monoisotopic (exact) mass is 281 g/mol. The van der Waals surface area contributed by atoms with Gasteiger partial charge in [0.1, 0.15) is 11.6 Å². The molecule has 0 N–H and O–H groups in total. The molecule has 0 bridgehead atoms. The lowest BCUT2D eigenvalue weighted by Gasteiger charge is -2.27. The Kier molecular flexibility index (Phi) is 4.63. The molecule has 106 valence electrons. The molecule has 19 heavy (non-hydrogen) atoms. The second-order valence-corrected chi connectivity index (χ2v) is 6.89. The molecule has 1 aromatic rings. The average molecular weight is 281 g/mol. The highest BCUT2D eigenvalue weighted by atomic mass is 32.1. The number of likely N-dealkylation sites (tertiary alicyclic amines) is 1. The topological polar surface area (TPSA) is 29.5 Å². The molecule has 1 aromatic heterocycles. The van der Waals surface area contributed by atoms with Crippen LogP contribution in [0.25, 0.3) is 0 Å². The minimum Gasteiger partial charge on any atom is -0.459 e. The molecule has 2 heterocycles. The molecule has 0 saturated carbocycles. The largest absolute Gasteiger partial charge is 0.459 e. The second kappa shape index (κ2) is 6.06. The lowest BCUT2D eigenvalue weighted by atomic mass is 10.1. The van der Waals surface area contributed by atoms with Gasteiger partial charge in [-0.2, -0.15) is 11.3 Å². The standard InChI is InChI=1S/C15H23NO2S/c1-15(2,3)18-14(17)13-5-4-8-16(13)9-6-12-7-10-19-11-12/h7,10-11,13H,4-6,8-9H2,1-3H3/t13-/m1/s1. The van der Waals surface area contributed by atoms with E-state index in [4.69, 9.17) is 4.74 Å². The van der Waals surface area contributed by atoms with Crippen molar-refractivity contribution in [3.63, 3.8) is 0 Å². The highest BCUT2D eigenvalue weighted by Crippen LogP contribution is 2.21. The first-order valence-corrected chi connectivity index (χ1v) is 7.88. The van der Waals surface area contributed by atoms with Crippen molar-refractivity contribution in [2.24, 2.45) is 0 Å². The van der Waals surface area contributed by atoms with Crippen molar-refractivity contribution in [2.75, 3.05) is 13.1 Å². The SMILES string of the molecule is CC(C)(C)OC(=O)[C@H]1CCCN1CCc1ccsc1. The summed E-state index contributed by atoms with van der Waals surface area (Å²) in [5.74, 6) is -0.0599. The molecule has 4 heteroatoms. The summed E-state index contributed by atoms with van der Waals surface area (Å²) >= 11 is 1.73. The van der Waals surface area contributed by atoms with E-state index in [1.165, 1.54) is 5.56 Å². The zero-order chi connectivity index (χ0) is 13.9. The Hall–Kier alpha value is -0.870. The van der Waals surface area contributed by atoms with Gasteiger partial charge in [0.2, 0.25) is 0 Å². The van der Waals surface area contributed by atoms with Gasteiger partial charge in [0.05, 0.1) is 0 Å². The third-order valence-corrected chi connectivity index (χ3v) is 4.04. The fourth-order valence-electron chi connectivity index (χ4n) is 2.44. The molecule has 0 aliphatic carbocycles. The third kappa shape index (κ3) is 4.32. The van der Waals surface area contributed by atoms with E-state index in [-0.39, 0.29) is 12.0 Å². The first kappa shape index (κ1) is 14.5. The summed E-state index contributed by atoms with van der Waals surface area (Å²) in [4.78, 5) is 14.4. The van der Waals surface area contributed by atoms with E-state index in [9.17, 15) is 4.79 Å². The van der Waals surface area contributed by atoms with E-state index < -0.39 is 5.60 Å². The Morgan fingerprint density at radius 3 is 2.95 bits per heavy atom. The van der Waals surface area contributed by atoms with Crippen LogP contribution in [-0.2, 0) is 16.0 Å². The van der Waals surface area contributed by atoms with Crippen molar-refractivity contribution in [3.8, 4) is 0 Å². The first-order valence-electron chi connectivity index (χ1n) is 6.94. The highest BCUT2D eigenvalue weighted by molar-refractivity contribution is 7.07. The van der Waals surface area contributed by atoms with Gasteiger partial charge >= 0.3 is 5.97 Å². The van der Waals surface area contributed by atoms with Crippen molar-refractivity contribution in [1.29, 1.82) is 0 Å². The Balaban J connectivity index is 1.87. The van der Waals surface area contributed by atoms with E-state index in [2.05, 4.69) is 21.7 Å². The summed E-state index contributed by atoms with van der Waals surface area (Å²) in [5.41, 5.74) is 0.971. The van der Waals surface area contributed by atoms with Gasteiger partial charge in [0.15, 0.2) is 0 Å². The normalized spacial score (nSPS) is 20.7. The number of esters is 1. The van der Waals surface area contributed by atoms with Crippen molar-refractivity contribution < 1.29 is 9.53 Å². The van der Waals surface area contributed by atoms with Crippen LogP contribution in [0.2, 0.25) is 0 Å². The summed E-state index contributed by atoms with van der Waals surface area (Å²) in [7, 11) is 0. The number of ether oxygens (including phenoxy) is 1. The van der Waals surface area contributed by atoms with Gasteiger partial charge in [0, 0.05) is 6.54 Å². The number of hydrogen-bond donors (Lipinski definition) is 0. The van der Waals surface area contributed by atoms with Gasteiger partial charge in [-0.05, 0) is 69.0 Å². The van der Waals surface area contributed by atoms with Crippen LogP contribution < -0.4 is 0 Å². The van der Waals surface area contributed by atoms with E-state index >= 15 is 0 Å². The zero-order valence-electron chi connectivity index (χ0n) is 12.0. The summed E-state index contributed by atoms with van der Waals surface area (Å²) in [6.45, 7) is 7.73. The molecule has 1 saturated heterocycles. The quantitative estimate of drug-likeness (QED) is 0.794. The van der Waals surface area contributed by atoms with Crippen LogP contribution in [0.3, 0.4) is 0 Å². The zero-order valence-corrected chi connectivity index (χ0v) is 12.8. The maximum absolute atomic E-state index is 12.2. The molecule has 1 aliphatic heterocycles. The van der Waals surface area contributed by atoms with E-state index in [0.717, 1.165) is 32.4 Å². The Labute approximate surface area is 119 Å². The maximum Gasteiger partial charge on any atom is 0.323 e. The van der Waals surface area contributed by atoms with Gasteiger partial charge < -0.3 is 4.74 Å². The van der Waals surface area contributed by atoms with Gasteiger partial charge in [0.25, 0.3) is 0 Å². The molecule has 0 unspecified atom stereocenters. The summed E-state index contributed by atoms with van der Waals surface area (Å²) in [5, 5.41) is 4.28. The molecule has 1 fully saturated rings. The van der Waals surface area contributed by atoms with Crippen LogP contribution in [0.4, 0.5) is 0 Å². The second-order valence-electron chi connectivity index (χ2n) is 6.11. The molecule has 0 aromatic carbocycles. The number of hydrogen-bond acceptors (Lipinski definition) is 4. The molecule has 0 spiro atoms. The lowest BCUT2D eigenvalue weighted by molar-refractivity contribution is -0.160. The average Bonchev–Trinajstić information content (AvgIpc) is 2.95. The van der Waals surface area contributed by atoms with E-state index in [1.54, 1.807) is 11.3 Å². The minimum absolute atomic E-state index is 0.0436. The number of thiophene rings is 1. The number of rotatable bonds is 4. The van der Waals surface area contributed by atoms with Crippen LogP contribution in [0.1, 0.15) is 39.2 Å². The highest BCUT2D eigenvalue weighted by Gasteiger charge is 2.33. The van der Waals surface area contributed by atoms with E-state index in [0.29, 0.717) is 0 Å². The van der Waals surface area contributed by atoms with Crippen LogP contribution in [0, 0.1) is 0 Å². The van der Waals surface area contributed by atoms with Crippen molar-refractivity contribution in [2.45, 2.75) is 51.7 Å². The first-order chi connectivity index (χ1) is 8.96. The molecular formula is C15H23NO2S. The van der Waals surface area contributed by atoms with Gasteiger partial charge in [-0.15, -0.1) is 0 Å². The molecule has 1 atom stereocenters. The van der Waals surface area contributed by atoms with Crippen LogP contribution in [-0.4, -0.2) is 35.6 Å². The van der Waals surface area contributed by atoms with Gasteiger partial charge in [-0.1, -0.05) is 0 Å². The van der Waals surface area contributed by atoms with Crippen LogP contribution >= 0.6 is 11.3 Å². The molecular weight excluding hydrogens is 258 g/mol. The van der Waals surface area contributed by atoms with Crippen molar-refractivity contribution in [3.05, 3.63) is 22.4 Å².